The Morgan fingerprint density at radius 2 is 2.19 bits per heavy atom. The summed E-state index contributed by atoms with van der Waals surface area (Å²) in [7, 11) is 2.70. The summed E-state index contributed by atoms with van der Waals surface area (Å²) in [6, 6.07) is 5.30. The van der Waals surface area contributed by atoms with Gasteiger partial charge in [-0.25, -0.2) is 4.79 Å². The quantitative estimate of drug-likeness (QED) is 0.631. The number of nitrogens with zero attached hydrogens (tertiary/aromatic N) is 1. The largest absolute Gasteiger partial charge is 0.494 e. The molecule has 1 rings (SSSR count). The van der Waals surface area contributed by atoms with E-state index in [-0.39, 0.29) is 11.3 Å². The summed E-state index contributed by atoms with van der Waals surface area (Å²) in [6.07, 6.45) is 0. The van der Waals surface area contributed by atoms with Crippen LogP contribution in [0, 0.1) is 11.3 Å². The zero-order valence-electron chi connectivity index (χ0n) is 8.91. The second kappa shape index (κ2) is 5.52. The van der Waals surface area contributed by atoms with Crippen LogP contribution in [0.4, 0.5) is 0 Å². The Bertz CT molecular complexity index is 451. The van der Waals surface area contributed by atoms with Gasteiger partial charge in [0.15, 0.2) is 5.75 Å². The second-order valence-corrected chi connectivity index (χ2v) is 3.48. The van der Waals surface area contributed by atoms with Crippen LogP contribution in [0.3, 0.4) is 0 Å². The number of esters is 1. The Balaban J connectivity index is 3.44. The average Bonchev–Trinajstić information content (AvgIpc) is 2.35. The van der Waals surface area contributed by atoms with Crippen molar-refractivity contribution in [2.45, 2.75) is 5.33 Å². The normalized spacial score (nSPS) is 9.38. The summed E-state index contributed by atoms with van der Waals surface area (Å²) >= 11 is 3.27. The monoisotopic (exact) mass is 283 g/mol. The molecule has 0 unspecified atom stereocenters. The molecule has 0 atom stereocenters. The molecule has 0 amide bonds. The smallest absolute Gasteiger partial charge is 0.341 e. The van der Waals surface area contributed by atoms with Crippen molar-refractivity contribution >= 4 is 21.9 Å². The molecule has 1 aromatic rings. The third-order valence-electron chi connectivity index (χ3n) is 2.11. The lowest BCUT2D eigenvalue weighted by molar-refractivity contribution is 0.0597. The number of nitriles is 1. The maximum absolute atomic E-state index is 11.4. The molecule has 0 saturated carbocycles. The highest BCUT2D eigenvalue weighted by molar-refractivity contribution is 9.08. The zero-order valence-corrected chi connectivity index (χ0v) is 10.5. The maximum atomic E-state index is 11.4. The predicted molar refractivity (Wildman–Crippen MR) is 61.7 cm³/mol. The fourth-order valence-corrected chi connectivity index (χ4v) is 1.81. The Kier molecular flexibility index (Phi) is 4.32. The van der Waals surface area contributed by atoms with E-state index >= 15 is 0 Å². The average molecular weight is 284 g/mol. The molecule has 0 fully saturated rings. The lowest BCUT2D eigenvalue weighted by Gasteiger charge is -2.10. The van der Waals surface area contributed by atoms with Crippen LogP contribution in [-0.4, -0.2) is 20.2 Å². The van der Waals surface area contributed by atoms with Gasteiger partial charge in [0.25, 0.3) is 0 Å². The van der Waals surface area contributed by atoms with Crippen molar-refractivity contribution in [2.75, 3.05) is 14.2 Å². The first-order chi connectivity index (χ1) is 7.69. The van der Waals surface area contributed by atoms with Crippen molar-refractivity contribution in [3.05, 3.63) is 28.8 Å². The molecule has 1 aromatic carbocycles. The highest BCUT2D eigenvalue weighted by atomic mass is 79.9. The maximum Gasteiger partial charge on any atom is 0.341 e. The first kappa shape index (κ1) is 12.5. The van der Waals surface area contributed by atoms with Crippen LogP contribution in [0.2, 0.25) is 0 Å². The van der Waals surface area contributed by atoms with Crippen LogP contribution in [0.25, 0.3) is 0 Å². The molecule has 0 radical (unpaired) electrons. The fourth-order valence-electron chi connectivity index (χ4n) is 1.34. The van der Waals surface area contributed by atoms with Gasteiger partial charge < -0.3 is 9.47 Å². The molecule has 0 N–H and O–H groups in total. The topological polar surface area (TPSA) is 59.3 Å². The van der Waals surface area contributed by atoms with E-state index in [2.05, 4.69) is 20.7 Å². The zero-order chi connectivity index (χ0) is 12.1. The lowest BCUT2D eigenvalue weighted by Crippen LogP contribution is -2.06. The summed E-state index contributed by atoms with van der Waals surface area (Å²) in [5.41, 5.74) is 1.38. The van der Waals surface area contributed by atoms with Crippen molar-refractivity contribution < 1.29 is 14.3 Å². The number of benzene rings is 1. The third-order valence-corrected chi connectivity index (χ3v) is 2.71. The molecule has 16 heavy (non-hydrogen) atoms. The Morgan fingerprint density at radius 1 is 1.50 bits per heavy atom. The highest BCUT2D eigenvalue weighted by Crippen LogP contribution is 2.28. The number of carbonyl (C=O) groups is 1. The molecule has 0 aliphatic carbocycles. The van der Waals surface area contributed by atoms with Gasteiger partial charge in [-0.2, -0.15) is 5.26 Å². The highest BCUT2D eigenvalue weighted by Gasteiger charge is 2.18. The van der Waals surface area contributed by atoms with Crippen molar-refractivity contribution in [3.8, 4) is 11.8 Å². The SMILES string of the molecule is COC(=O)c1ccc(CBr)c(C#N)c1OC. The number of hydrogen-bond acceptors (Lipinski definition) is 4. The molecule has 0 heterocycles. The number of alkyl halides is 1. The lowest BCUT2D eigenvalue weighted by atomic mass is 10.0. The van der Waals surface area contributed by atoms with E-state index in [0.717, 1.165) is 5.56 Å². The van der Waals surface area contributed by atoms with Crippen LogP contribution in [0.15, 0.2) is 12.1 Å². The third kappa shape index (κ3) is 2.17. The van der Waals surface area contributed by atoms with Gasteiger partial charge in [-0.3, -0.25) is 0 Å². The van der Waals surface area contributed by atoms with Crippen LogP contribution < -0.4 is 4.74 Å². The molecule has 5 heteroatoms. The Labute approximate surface area is 102 Å². The molecule has 0 spiro atoms. The van der Waals surface area contributed by atoms with Gasteiger partial charge in [0.2, 0.25) is 0 Å². The minimum absolute atomic E-state index is 0.256. The summed E-state index contributed by atoms with van der Waals surface area (Å²) < 4.78 is 9.70. The number of halogens is 1. The van der Waals surface area contributed by atoms with Crippen molar-refractivity contribution in [1.29, 1.82) is 5.26 Å². The van der Waals surface area contributed by atoms with E-state index in [4.69, 9.17) is 10.00 Å². The molecule has 0 aromatic heterocycles. The number of hydrogen-bond donors (Lipinski definition) is 0. The minimum atomic E-state index is -0.519. The molecular weight excluding hydrogens is 274 g/mol. The van der Waals surface area contributed by atoms with Crippen molar-refractivity contribution in [3.63, 3.8) is 0 Å². The first-order valence-electron chi connectivity index (χ1n) is 4.43. The first-order valence-corrected chi connectivity index (χ1v) is 5.56. The fraction of sp³-hybridized carbons (Fsp3) is 0.273. The molecule has 0 aliphatic rings. The van der Waals surface area contributed by atoms with E-state index in [1.54, 1.807) is 12.1 Å². The van der Waals surface area contributed by atoms with Gasteiger partial charge in [-0.15, -0.1) is 0 Å². The Hall–Kier alpha value is -1.54. The molecule has 0 aliphatic heterocycles. The van der Waals surface area contributed by atoms with Gasteiger partial charge in [-0.05, 0) is 11.6 Å². The number of rotatable bonds is 3. The minimum Gasteiger partial charge on any atom is -0.494 e. The molecule has 0 bridgehead atoms. The van der Waals surface area contributed by atoms with E-state index in [1.165, 1.54) is 14.2 Å². The summed E-state index contributed by atoms with van der Waals surface area (Å²) in [4.78, 5) is 11.4. The van der Waals surface area contributed by atoms with Crippen LogP contribution in [0.5, 0.6) is 5.75 Å². The Morgan fingerprint density at radius 3 is 2.62 bits per heavy atom. The second-order valence-electron chi connectivity index (χ2n) is 2.92. The van der Waals surface area contributed by atoms with Crippen molar-refractivity contribution in [1.82, 2.24) is 0 Å². The molecule has 4 nitrogen and oxygen atoms in total. The molecular formula is C11H10BrNO3. The van der Waals surface area contributed by atoms with Gasteiger partial charge in [-0.1, -0.05) is 22.0 Å². The van der Waals surface area contributed by atoms with Crippen LogP contribution in [0.1, 0.15) is 21.5 Å². The van der Waals surface area contributed by atoms with E-state index in [9.17, 15) is 4.79 Å². The summed E-state index contributed by atoms with van der Waals surface area (Å²) in [5, 5.41) is 9.56. The summed E-state index contributed by atoms with van der Waals surface area (Å²) in [6.45, 7) is 0. The summed E-state index contributed by atoms with van der Waals surface area (Å²) in [5.74, 6) is -0.263. The van der Waals surface area contributed by atoms with Gasteiger partial charge in [0, 0.05) is 5.33 Å². The van der Waals surface area contributed by atoms with Gasteiger partial charge in [0.1, 0.15) is 11.6 Å². The van der Waals surface area contributed by atoms with E-state index < -0.39 is 5.97 Å². The number of ether oxygens (including phenoxy) is 2. The van der Waals surface area contributed by atoms with E-state index in [0.29, 0.717) is 10.9 Å². The van der Waals surface area contributed by atoms with E-state index in [1.807, 2.05) is 6.07 Å². The van der Waals surface area contributed by atoms with Gasteiger partial charge >= 0.3 is 5.97 Å². The van der Waals surface area contributed by atoms with Crippen LogP contribution in [-0.2, 0) is 10.1 Å². The van der Waals surface area contributed by atoms with Crippen LogP contribution >= 0.6 is 15.9 Å². The number of carbonyl (C=O) groups excluding carboxylic acids is 1. The van der Waals surface area contributed by atoms with Gasteiger partial charge in [0.05, 0.1) is 19.8 Å². The standard InChI is InChI=1S/C11H10BrNO3/c1-15-10-8(11(14)16-2)4-3-7(5-12)9(10)6-13/h3-4H,5H2,1-2H3. The molecule has 84 valence electrons. The number of methoxy groups -OCH3 is 2. The van der Waals surface area contributed by atoms with Crippen molar-refractivity contribution in [2.24, 2.45) is 0 Å². The predicted octanol–water partition coefficient (Wildman–Crippen LogP) is 2.25. The molecule has 0 saturated heterocycles.